The summed E-state index contributed by atoms with van der Waals surface area (Å²) in [6, 6.07) is 8.45. The molecule has 1 unspecified atom stereocenters. The van der Waals surface area contributed by atoms with Gasteiger partial charge in [0.25, 0.3) is 0 Å². The van der Waals surface area contributed by atoms with Gasteiger partial charge in [-0.15, -0.1) is 11.3 Å². The highest BCUT2D eigenvalue weighted by atomic mass is 35.5. The van der Waals surface area contributed by atoms with Crippen LogP contribution in [-0.2, 0) is 6.54 Å². The van der Waals surface area contributed by atoms with Crippen molar-refractivity contribution in [2.45, 2.75) is 12.6 Å². The molecule has 6 heteroatoms. The van der Waals surface area contributed by atoms with Crippen molar-refractivity contribution in [1.29, 1.82) is 0 Å². The van der Waals surface area contributed by atoms with Gasteiger partial charge in [0.05, 0.1) is 13.3 Å². The lowest BCUT2D eigenvalue weighted by Crippen LogP contribution is -2.30. The third-order valence-corrected chi connectivity index (χ3v) is 4.36. The number of likely N-dealkylation sites (N-methyl/N-ethyl adjacent to an activating group) is 1. The van der Waals surface area contributed by atoms with Gasteiger partial charge in [0, 0.05) is 19.1 Å². The molecule has 0 aliphatic rings. The van der Waals surface area contributed by atoms with Crippen molar-refractivity contribution in [2.24, 2.45) is 0 Å². The van der Waals surface area contributed by atoms with Gasteiger partial charge in [-0.05, 0) is 31.8 Å². The number of halogens is 1. The monoisotopic (exact) mass is 325 g/mol. The molecule has 1 atom stereocenters. The molecule has 0 amide bonds. The summed E-state index contributed by atoms with van der Waals surface area (Å²) < 4.78 is 6.03. The van der Waals surface area contributed by atoms with E-state index in [1.54, 1.807) is 13.3 Å². The third-order valence-electron chi connectivity index (χ3n) is 3.24. The fraction of sp³-hybridized carbons (Fsp3) is 0.400. The molecule has 2 aromatic rings. The van der Waals surface area contributed by atoms with Crippen LogP contribution in [0.4, 0.5) is 0 Å². The summed E-state index contributed by atoms with van der Waals surface area (Å²) in [6.45, 7) is 1.56. The zero-order chi connectivity index (χ0) is 15.2. The normalized spacial score (nSPS) is 12.6. The summed E-state index contributed by atoms with van der Waals surface area (Å²) in [5.74, 6) is 0.881. The van der Waals surface area contributed by atoms with Gasteiger partial charge in [-0.25, -0.2) is 4.98 Å². The number of hydrogen-bond donors (Lipinski definition) is 1. The third kappa shape index (κ3) is 4.68. The van der Waals surface area contributed by atoms with Crippen LogP contribution in [0.3, 0.4) is 0 Å². The standard InChI is InChI=1S/C15H20ClN3OS/c1-19(2)13(11-5-4-6-12(7-11)20-3)8-17-10-15-18-9-14(16)21-15/h4-7,9,13,17H,8,10H2,1-3H3. The number of nitrogens with one attached hydrogen (secondary N) is 1. The van der Waals surface area contributed by atoms with E-state index in [9.17, 15) is 0 Å². The maximum Gasteiger partial charge on any atom is 0.119 e. The Morgan fingerprint density at radius 3 is 2.86 bits per heavy atom. The van der Waals surface area contributed by atoms with E-state index in [2.05, 4.69) is 41.4 Å². The first-order valence-electron chi connectivity index (χ1n) is 6.71. The minimum atomic E-state index is 0.274. The molecular weight excluding hydrogens is 306 g/mol. The molecule has 4 nitrogen and oxygen atoms in total. The molecule has 0 saturated heterocycles. The number of rotatable bonds is 7. The molecule has 21 heavy (non-hydrogen) atoms. The molecule has 1 heterocycles. The summed E-state index contributed by atoms with van der Waals surface area (Å²) in [6.07, 6.45) is 1.69. The van der Waals surface area contributed by atoms with Gasteiger partial charge in [0.1, 0.15) is 15.1 Å². The Bertz CT molecular complexity index is 574. The number of benzene rings is 1. The number of aromatic nitrogens is 1. The molecule has 0 fully saturated rings. The second-order valence-electron chi connectivity index (χ2n) is 4.95. The molecule has 0 bridgehead atoms. The van der Waals surface area contributed by atoms with Crippen molar-refractivity contribution in [3.8, 4) is 5.75 Å². The minimum absolute atomic E-state index is 0.274. The van der Waals surface area contributed by atoms with Gasteiger partial charge in [-0.3, -0.25) is 0 Å². The van der Waals surface area contributed by atoms with Crippen LogP contribution in [0, 0.1) is 0 Å². The van der Waals surface area contributed by atoms with E-state index in [0.717, 1.165) is 28.2 Å². The summed E-state index contributed by atoms with van der Waals surface area (Å²) in [5.41, 5.74) is 1.23. The fourth-order valence-electron chi connectivity index (χ4n) is 2.13. The molecule has 1 aromatic heterocycles. The van der Waals surface area contributed by atoms with Crippen LogP contribution in [-0.4, -0.2) is 37.6 Å². The topological polar surface area (TPSA) is 37.4 Å². The maximum absolute atomic E-state index is 5.89. The predicted molar refractivity (Wildman–Crippen MR) is 88.3 cm³/mol. The van der Waals surface area contributed by atoms with Crippen LogP contribution in [0.25, 0.3) is 0 Å². The van der Waals surface area contributed by atoms with Crippen molar-refractivity contribution in [1.82, 2.24) is 15.2 Å². The zero-order valence-electron chi connectivity index (χ0n) is 12.5. The van der Waals surface area contributed by atoms with Gasteiger partial charge >= 0.3 is 0 Å². The molecule has 1 N–H and O–H groups in total. The quantitative estimate of drug-likeness (QED) is 0.848. The summed E-state index contributed by atoms with van der Waals surface area (Å²) in [5, 5.41) is 4.44. The highest BCUT2D eigenvalue weighted by Gasteiger charge is 2.14. The van der Waals surface area contributed by atoms with Crippen molar-refractivity contribution in [2.75, 3.05) is 27.7 Å². The Morgan fingerprint density at radius 2 is 2.24 bits per heavy atom. The Balaban J connectivity index is 1.98. The molecule has 0 saturated carbocycles. The lowest BCUT2D eigenvalue weighted by atomic mass is 10.1. The molecule has 1 aromatic carbocycles. The highest BCUT2D eigenvalue weighted by molar-refractivity contribution is 7.15. The van der Waals surface area contributed by atoms with E-state index >= 15 is 0 Å². The SMILES string of the molecule is COc1cccc(C(CNCc2ncc(Cl)s2)N(C)C)c1. The lowest BCUT2D eigenvalue weighted by Gasteiger charge is -2.25. The molecule has 0 aliphatic heterocycles. The van der Waals surface area contributed by atoms with Crippen molar-refractivity contribution >= 4 is 22.9 Å². The molecule has 2 rings (SSSR count). The highest BCUT2D eigenvalue weighted by Crippen LogP contribution is 2.22. The number of ether oxygens (including phenoxy) is 1. The largest absolute Gasteiger partial charge is 0.497 e. The Kier molecular flexibility index (Phi) is 5.99. The maximum atomic E-state index is 5.89. The van der Waals surface area contributed by atoms with Crippen molar-refractivity contribution in [3.05, 3.63) is 45.4 Å². The second kappa shape index (κ2) is 7.75. The average molecular weight is 326 g/mol. The smallest absolute Gasteiger partial charge is 0.119 e. The first-order valence-corrected chi connectivity index (χ1v) is 7.91. The lowest BCUT2D eigenvalue weighted by molar-refractivity contribution is 0.287. The number of methoxy groups -OCH3 is 1. The van der Waals surface area contributed by atoms with Crippen molar-refractivity contribution in [3.63, 3.8) is 0 Å². The number of nitrogens with zero attached hydrogens (tertiary/aromatic N) is 2. The predicted octanol–water partition coefficient (Wildman–Crippen LogP) is 3.20. The van der Waals surface area contributed by atoms with Crippen LogP contribution in [0.15, 0.2) is 30.5 Å². The van der Waals surface area contributed by atoms with Crippen LogP contribution in [0.5, 0.6) is 5.75 Å². The molecule has 0 aliphatic carbocycles. The van der Waals surface area contributed by atoms with Gasteiger partial charge in [0.2, 0.25) is 0 Å². The first-order chi connectivity index (χ1) is 10.1. The molecule has 0 radical (unpaired) electrons. The molecule has 0 spiro atoms. The van der Waals surface area contributed by atoms with Gasteiger partial charge < -0.3 is 15.0 Å². The van der Waals surface area contributed by atoms with E-state index in [4.69, 9.17) is 16.3 Å². The second-order valence-corrected chi connectivity index (χ2v) is 6.69. The van der Waals surface area contributed by atoms with Gasteiger partial charge in [0.15, 0.2) is 0 Å². The van der Waals surface area contributed by atoms with E-state index in [0.29, 0.717) is 0 Å². The number of hydrogen-bond acceptors (Lipinski definition) is 5. The first kappa shape index (κ1) is 16.2. The Hall–Kier alpha value is -1.14. The van der Waals surface area contributed by atoms with E-state index in [1.807, 2.05) is 12.1 Å². The van der Waals surface area contributed by atoms with Crippen molar-refractivity contribution < 1.29 is 4.74 Å². The van der Waals surface area contributed by atoms with Gasteiger partial charge in [-0.2, -0.15) is 0 Å². The molecule has 114 valence electrons. The van der Waals surface area contributed by atoms with Crippen LogP contribution in [0.1, 0.15) is 16.6 Å². The van der Waals surface area contributed by atoms with E-state index in [1.165, 1.54) is 16.9 Å². The van der Waals surface area contributed by atoms with Crippen LogP contribution >= 0.6 is 22.9 Å². The summed E-state index contributed by atoms with van der Waals surface area (Å²) in [4.78, 5) is 6.44. The Labute approximate surface area is 134 Å². The van der Waals surface area contributed by atoms with Crippen LogP contribution in [0.2, 0.25) is 4.34 Å². The number of thiazole rings is 1. The fourth-order valence-corrected chi connectivity index (χ4v) is 3.06. The van der Waals surface area contributed by atoms with Gasteiger partial charge in [-0.1, -0.05) is 23.7 Å². The van der Waals surface area contributed by atoms with Crippen LogP contribution < -0.4 is 10.1 Å². The Morgan fingerprint density at radius 1 is 1.43 bits per heavy atom. The average Bonchev–Trinajstić information content (AvgIpc) is 2.89. The summed E-state index contributed by atoms with van der Waals surface area (Å²) in [7, 11) is 5.84. The molecular formula is C15H20ClN3OS. The minimum Gasteiger partial charge on any atom is -0.497 e. The van der Waals surface area contributed by atoms with E-state index in [-0.39, 0.29) is 6.04 Å². The zero-order valence-corrected chi connectivity index (χ0v) is 14.0. The summed E-state index contributed by atoms with van der Waals surface area (Å²) >= 11 is 7.40. The van der Waals surface area contributed by atoms with E-state index < -0.39 is 0 Å².